The second-order valence-corrected chi connectivity index (χ2v) is 6.20. The molecule has 0 amide bonds. The first-order valence-corrected chi connectivity index (χ1v) is 8.48. The van der Waals surface area contributed by atoms with E-state index in [1.807, 2.05) is 18.5 Å². The van der Waals surface area contributed by atoms with Crippen molar-refractivity contribution in [2.75, 3.05) is 32.8 Å². The van der Waals surface area contributed by atoms with Gasteiger partial charge in [-0.05, 0) is 29.7 Å². The number of aromatic nitrogens is 2. The minimum atomic E-state index is 0.858. The molecule has 0 saturated carbocycles. The van der Waals surface area contributed by atoms with Gasteiger partial charge >= 0.3 is 0 Å². The van der Waals surface area contributed by atoms with E-state index < -0.39 is 0 Å². The van der Waals surface area contributed by atoms with E-state index in [0.29, 0.717) is 0 Å². The number of benzene rings is 1. The summed E-state index contributed by atoms with van der Waals surface area (Å²) in [6.07, 6.45) is 6.66. The monoisotopic (exact) mass is 319 g/mol. The molecule has 0 bridgehead atoms. The normalized spacial score (nSPS) is 15.7. The maximum absolute atomic E-state index is 5.41. The fraction of sp³-hybridized carbons (Fsp3) is 0.300. The van der Waals surface area contributed by atoms with Crippen molar-refractivity contribution >= 4 is 10.9 Å². The van der Waals surface area contributed by atoms with Gasteiger partial charge in [-0.3, -0.25) is 14.9 Å². The maximum Gasteiger partial charge on any atom is 0.0733 e. The molecule has 0 radical (unpaired) electrons. The van der Waals surface area contributed by atoms with Crippen molar-refractivity contribution in [1.29, 1.82) is 0 Å². The first kappa shape index (κ1) is 15.2. The Kier molecular flexibility index (Phi) is 4.49. The van der Waals surface area contributed by atoms with Gasteiger partial charge in [-0.1, -0.05) is 24.3 Å². The van der Waals surface area contributed by atoms with Crippen LogP contribution in [0.1, 0.15) is 5.56 Å². The van der Waals surface area contributed by atoms with E-state index >= 15 is 0 Å². The second-order valence-electron chi connectivity index (χ2n) is 6.20. The molecule has 0 aliphatic carbocycles. The number of fused-ring (bicyclic) bond motifs is 1. The molecule has 0 atom stereocenters. The van der Waals surface area contributed by atoms with Crippen LogP contribution in [0.5, 0.6) is 0 Å². The largest absolute Gasteiger partial charge is 0.379 e. The van der Waals surface area contributed by atoms with Crippen molar-refractivity contribution in [2.45, 2.75) is 6.42 Å². The van der Waals surface area contributed by atoms with Crippen LogP contribution < -0.4 is 0 Å². The van der Waals surface area contributed by atoms with Crippen LogP contribution in [0.2, 0.25) is 0 Å². The summed E-state index contributed by atoms with van der Waals surface area (Å²) in [7, 11) is 0. The Morgan fingerprint density at radius 1 is 1.00 bits per heavy atom. The molecule has 122 valence electrons. The average Bonchev–Trinajstić information content (AvgIpc) is 2.67. The molecule has 3 aromatic rings. The van der Waals surface area contributed by atoms with E-state index in [2.05, 4.69) is 45.2 Å². The van der Waals surface area contributed by atoms with E-state index in [1.54, 1.807) is 6.20 Å². The smallest absolute Gasteiger partial charge is 0.0733 e. The number of ether oxygens (including phenoxy) is 1. The summed E-state index contributed by atoms with van der Waals surface area (Å²) in [6, 6.07) is 12.9. The molecule has 1 fully saturated rings. The Labute approximate surface area is 142 Å². The van der Waals surface area contributed by atoms with Gasteiger partial charge < -0.3 is 4.74 Å². The summed E-state index contributed by atoms with van der Waals surface area (Å²) in [5.74, 6) is 0. The molecule has 4 rings (SSSR count). The van der Waals surface area contributed by atoms with Crippen molar-refractivity contribution in [2.24, 2.45) is 0 Å². The fourth-order valence-corrected chi connectivity index (χ4v) is 3.15. The third kappa shape index (κ3) is 3.45. The molecule has 1 aliphatic rings. The minimum absolute atomic E-state index is 0.858. The number of pyridine rings is 2. The van der Waals surface area contributed by atoms with E-state index in [1.165, 1.54) is 11.1 Å². The Hall–Kier alpha value is -2.30. The molecule has 3 heterocycles. The van der Waals surface area contributed by atoms with Crippen LogP contribution in [-0.4, -0.2) is 47.7 Å². The summed E-state index contributed by atoms with van der Waals surface area (Å²) in [5, 5.41) is 1.08. The standard InChI is InChI=1S/C20H21N3O/c1-2-16(5-7-23-8-10-24-11-9-23)12-17(3-1)18-13-19-14-21-6-4-20(19)22-15-18/h1-4,6,12-15H,5,7-11H2. The molecule has 0 spiro atoms. The highest BCUT2D eigenvalue weighted by molar-refractivity contribution is 5.82. The van der Waals surface area contributed by atoms with Crippen LogP contribution in [0.15, 0.2) is 55.0 Å². The van der Waals surface area contributed by atoms with E-state index in [0.717, 1.165) is 55.7 Å². The number of nitrogens with zero attached hydrogens (tertiary/aromatic N) is 3. The minimum Gasteiger partial charge on any atom is -0.379 e. The Balaban J connectivity index is 1.52. The van der Waals surface area contributed by atoms with Gasteiger partial charge in [0, 0.05) is 49.2 Å². The van der Waals surface area contributed by atoms with Crippen LogP contribution in [0.4, 0.5) is 0 Å². The van der Waals surface area contributed by atoms with Crippen molar-refractivity contribution in [3.8, 4) is 11.1 Å². The van der Waals surface area contributed by atoms with Gasteiger partial charge in [0.05, 0.1) is 18.7 Å². The molecule has 1 aliphatic heterocycles. The van der Waals surface area contributed by atoms with Gasteiger partial charge in [0.15, 0.2) is 0 Å². The SMILES string of the molecule is c1cc(CCN2CCOCC2)cc(-c2cnc3ccncc3c2)c1. The zero-order valence-corrected chi connectivity index (χ0v) is 13.7. The molecule has 4 nitrogen and oxygen atoms in total. The molecule has 24 heavy (non-hydrogen) atoms. The number of hydrogen-bond donors (Lipinski definition) is 0. The van der Waals surface area contributed by atoms with Gasteiger partial charge in [-0.15, -0.1) is 0 Å². The molecule has 2 aromatic heterocycles. The number of hydrogen-bond acceptors (Lipinski definition) is 4. The van der Waals surface area contributed by atoms with Crippen molar-refractivity contribution in [3.05, 3.63) is 60.6 Å². The van der Waals surface area contributed by atoms with Crippen LogP contribution >= 0.6 is 0 Å². The topological polar surface area (TPSA) is 38.2 Å². The summed E-state index contributed by atoms with van der Waals surface area (Å²) < 4.78 is 5.41. The lowest BCUT2D eigenvalue weighted by Crippen LogP contribution is -2.37. The van der Waals surface area contributed by atoms with Gasteiger partial charge in [0.1, 0.15) is 0 Å². The van der Waals surface area contributed by atoms with Crippen LogP contribution in [-0.2, 0) is 11.2 Å². The lowest BCUT2D eigenvalue weighted by Gasteiger charge is -2.26. The zero-order valence-electron chi connectivity index (χ0n) is 13.7. The first-order valence-electron chi connectivity index (χ1n) is 8.48. The third-order valence-corrected chi connectivity index (χ3v) is 4.56. The molecule has 1 aromatic carbocycles. The predicted octanol–water partition coefficient (Wildman–Crippen LogP) is 3.17. The maximum atomic E-state index is 5.41. The lowest BCUT2D eigenvalue weighted by atomic mass is 10.0. The molecule has 0 N–H and O–H groups in total. The predicted molar refractivity (Wildman–Crippen MR) is 95.9 cm³/mol. The Bertz CT molecular complexity index is 828. The second kappa shape index (κ2) is 7.07. The van der Waals surface area contributed by atoms with Crippen LogP contribution in [0.25, 0.3) is 22.0 Å². The van der Waals surface area contributed by atoms with Crippen molar-refractivity contribution < 1.29 is 4.74 Å². The number of morpholine rings is 1. The molecule has 1 saturated heterocycles. The summed E-state index contributed by atoms with van der Waals surface area (Å²) in [4.78, 5) is 11.2. The van der Waals surface area contributed by atoms with Gasteiger partial charge in [-0.25, -0.2) is 0 Å². The molecular formula is C20H21N3O. The van der Waals surface area contributed by atoms with Crippen molar-refractivity contribution in [1.82, 2.24) is 14.9 Å². The van der Waals surface area contributed by atoms with E-state index in [9.17, 15) is 0 Å². The summed E-state index contributed by atoms with van der Waals surface area (Å²) >= 11 is 0. The lowest BCUT2D eigenvalue weighted by molar-refractivity contribution is 0.0384. The molecule has 4 heteroatoms. The average molecular weight is 319 g/mol. The quantitative estimate of drug-likeness (QED) is 0.740. The van der Waals surface area contributed by atoms with Crippen LogP contribution in [0.3, 0.4) is 0 Å². The highest BCUT2D eigenvalue weighted by atomic mass is 16.5. The van der Waals surface area contributed by atoms with Gasteiger partial charge in [0.25, 0.3) is 0 Å². The first-order chi connectivity index (χ1) is 11.9. The zero-order chi connectivity index (χ0) is 16.2. The molecular weight excluding hydrogens is 298 g/mol. The highest BCUT2D eigenvalue weighted by Gasteiger charge is 2.10. The third-order valence-electron chi connectivity index (χ3n) is 4.56. The van der Waals surface area contributed by atoms with Crippen LogP contribution in [0, 0.1) is 0 Å². The highest BCUT2D eigenvalue weighted by Crippen LogP contribution is 2.23. The van der Waals surface area contributed by atoms with Gasteiger partial charge in [0.2, 0.25) is 0 Å². The number of rotatable bonds is 4. The summed E-state index contributed by atoms with van der Waals surface area (Å²) in [6.45, 7) is 4.89. The van der Waals surface area contributed by atoms with E-state index in [4.69, 9.17) is 4.74 Å². The fourth-order valence-electron chi connectivity index (χ4n) is 3.15. The Morgan fingerprint density at radius 3 is 2.83 bits per heavy atom. The summed E-state index contributed by atoms with van der Waals surface area (Å²) in [5.41, 5.74) is 4.71. The molecule has 0 unspecified atom stereocenters. The Morgan fingerprint density at radius 2 is 1.92 bits per heavy atom. The van der Waals surface area contributed by atoms with Crippen molar-refractivity contribution in [3.63, 3.8) is 0 Å². The van der Waals surface area contributed by atoms with Gasteiger partial charge in [-0.2, -0.15) is 0 Å². The van der Waals surface area contributed by atoms with E-state index in [-0.39, 0.29) is 0 Å².